The Morgan fingerprint density at radius 2 is 2.10 bits per heavy atom. The highest BCUT2D eigenvalue weighted by molar-refractivity contribution is 9.10. The zero-order chi connectivity index (χ0) is 15.2. The molecule has 20 heavy (non-hydrogen) atoms. The summed E-state index contributed by atoms with van der Waals surface area (Å²) in [5.41, 5.74) is 1.03. The van der Waals surface area contributed by atoms with Gasteiger partial charge in [0.1, 0.15) is 0 Å². The number of benzene rings is 1. The Hall–Kier alpha value is -0.870. The van der Waals surface area contributed by atoms with Crippen LogP contribution in [0.2, 0.25) is 0 Å². The number of sulfonamides is 1. The van der Waals surface area contributed by atoms with Crippen molar-refractivity contribution < 1.29 is 8.42 Å². The van der Waals surface area contributed by atoms with Crippen LogP contribution in [-0.4, -0.2) is 32.4 Å². The molecule has 4 nitrogen and oxygen atoms in total. The summed E-state index contributed by atoms with van der Waals surface area (Å²) >= 11 is 3.34. The number of nitrogens with zero attached hydrogens (tertiary/aromatic N) is 1. The first-order valence-corrected chi connectivity index (χ1v) is 8.63. The van der Waals surface area contributed by atoms with Crippen molar-refractivity contribution in [3.8, 4) is 12.3 Å². The molecule has 0 spiro atoms. The van der Waals surface area contributed by atoms with Crippen molar-refractivity contribution in [3.63, 3.8) is 0 Å². The van der Waals surface area contributed by atoms with Crippen molar-refractivity contribution in [3.05, 3.63) is 28.2 Å². The van der Waals surface area contributed by atoms with E-state index in [9.17, 15) is 8.42 Å². The minimum Gasteiger partial charge on any atom is -0.313 e. The lowest BCUT2D eigenvalue weighted by Gasteiger charge is -2.19. The summed E-state index contributed by atoms with van der Waals surface area (Å²) in [4.78, 5) is 0.245. The van der Waals surface area contributed by atoms with Crippen LogP contribution in [0.4, 0.5) is 0 Å². The van der Waals surface area contributed by atoms with Crippen molar-refractivity contribution in [2.45, 2.75) is 25.3 Å². The molecule has 1 aromatic rings. The van der Waals surface area contributed by atoms with Gasteiger partial charge < -0.3 is 5.32 Å². The van der Waals surface area contributed by atoms with Crippen LogP contribution in [0.25, 0.3) is 0 Å². The van der Waals surface area contributed by atoms with Gasteiger partial charge in [-0.1, -0.05) is 25.8 Å². The molecule has 0 fully saturated rings. The molecule has 0 radical (unpaired) electrons. The second-order valence-electron chi connectivity index (χ2n) is 4.18. The van der Waals surface area contributed by atoms with E-state index in [1.807, 2.05) is 19.1 Å². The van der Waals surface area contributed by atoms with E-state index >= 15 is 0 Å². The zero-order valence-corrected chi connectivity index (χ0v) is 14.1. The third-order valence-electron chi connectivity index (χ3n) is 2.81. The fourth-order valence-corrected chi connectivity index (χ4v) is 4.19. The predicted molar refractivity (Wildman–Crippen MR) is 84.8 cm³/mol. The second-order valence-corrected chi connectivity index (χ2v) is 6.94. The Balaban J connectivity index is 3.10. The van der Waals surface area contributed by atoms with Gasteiger partial charge in [0.2, 0.25) is 10.0 Å². The second kappa shape index (κ2) is 7.79. The van der Waals surface area contributed by atoms with E-state index in [-0.39, 0.29) is 11.4 Å². The first-order chi connectivity index (χ1) is 9.47. The molecule has 1 rings (SSSR count). The van der Waals surface area contributed by atoms with Gasteiger partial charge in [0, 0.05) is 17.6 Å². The van der Waals surface area contributed by atoms with Gasteiger partial charge in [-0.05, 0) is 40.2 Å². The van der Waals surface area contributed by atoms with Gasteiger partial charge in [-0.25, -0.2) is 8.42 Å². The van der Waals surface area contributed by atoms with E-state index in [0.717, 1.165) is 12.1 Å². The molecule has 0 atom stereocenters. The van der Waals surface area contributed by atoms with Crippen LogP contribution in [0.3, 0.4) is 0 Å². The Morgan fingerprint density at radius 1 is 1.40 bits per heavy atom. The van der Waals surface area contributed by atoms with Crippen LogP contribution in [0, 0.1) is 12.3 Å². The highest BCUT2D eigenvalue weighted by Gasteiger charge is 2.24. The normalized spacial score (nSPS) is 11.6. The van der Waals surface area contributed by atoms with Crippen LogP contribution in [0.15, 0.2) is 27.6 Å². The van der Waals surface area contributed by atoms with Crippen LogP contribution in [0.5, 0.6) is 0 Å². The van der Waals surface area contributed by atoms with Gasteiger partial charge in [-0.15, -0.1) is 6.42 Å². The number of halogens is 1. The SMILES string of the molecule is C#CCN(CC)S(=O)(=O)c1ccc(CNCC)cc1Br. The van der Waals surface area contributed by atoms with E-state index in [2.05, 4.69) is 27.2 Å². The highest BCUT2D eigenvalue weighted by atomic mass is 79.9. The number of hydrogen-bond acceptors (Lipinski definition) is 3. The van der Waals surface area contributed by atoms with Crippen LogP contribution in [-0.2, 0) is 16.6 Å². The summed E-state index contributed by atoms with van der Waals surface area (Å²) in [6.07, 6.45) is 5.22. The lowest BCUT2D eigenvalue weighted by molar-refractivity contribution is 0.463. The molecule has 0 aliphatic carbocycles. The lowest BCUT2D eigenvalue weighted by atomic mass is 10.2. The van der Waals surface area contributed by atoms with E-state index in [4.69, 9.17) is 6.42 Å². The molecule has 0 unspecified atom stereocenters. The minimum atomic E-state index is -3.56. The molecule has 6 heteroatoms. The molecule has 1 N–H and O–H groups in total. The maximum atomic E-state index is 12.5. The van der Waals surface area contributed by atoms with E-state index in [1.165, 1.54) is 4.31 Å². The molecule has 0 aromatic heterocycles. The average Bonchev–Trinajstić information content (AvgIpc) is 2.42. The van der Waals surface area contributed by atoms with Gasteiger partial charge in [0.05, 0.1) is 11.4 Å². The molecule has 0 bridgehead atoms. The molecule has 110 valence electrons. The minimum absolute atomic E-state index is 0.0738. The molecule has 0 heterocycles. The third kappa shape index (κ3) is 4.06. The smallest absolute Gasteiger partial charge is 0.245 e. The molecule has 0 saturated carbocycles. The summed E-state index contributed by atoms with van der Waals surface area (Å²) < 4.78 is 26.8. The van der Waals surface area contributed by atoms with Crippen molar-refractivity contribution in [1.29, 1.82) is 0 Å². The maximum absolute atomic E-state index is 12.5. The number of terminal acetylenes is 1. The quantitative estimate of drug-likeness (QED) is 0.760. The lowest BCUT2D eigenvalue weighted by Crippen LogP contribution is -2.31. The Kier molecular flexibility index (Phi) is 6.69. The predicted octanol–water partition coefficient (Wildman–Crippen LogP) is 2.20. The Morgan fingerprint density at radius 3 is 2.60 bits per heavy atom. The molecule has 0 saturated heterocycles. The summed E-state index contributed by atoms with van der Waals surface area (Å²) in [5.74, 6) is 2.37. The monoisotopic (exact) mass is 358 g/mol. The summed E-state index contributed by atoms with van der Waals surface area (Å²) in [6.45, 7) is 5.78. The summed E-state index contributed by atoms with van der Waals surface area (Å²) in [5, 5.41) is 3.20. The molecule has 0 amide bonds. The third-order valence-corrected chi connectivity index (χ3v) is 5.71. The molecular formula is C14H19BrN2O2S. The summed E-state index contributed by atoms with van der Waals surface area (Å²) in [7, 11) is -3.56. The highest BCUT2D eigenvalue weighted by Crippen LogP contribution is 2.26. The van der Waals surface area contributed by atoms with Gasteiger partial charge in [0.15, 0.2) is 0 Å². The number of rotatable bonds is 7. The standard InChI is InChI=1S/C14H19BrN2O2S/c1-4-9-17(6-3)20(18,19)14-8-7-12(10-13(14)15)11-16-5-2/h1,7-8,10,16H,5-6,9,11H2,2-3H3. The van der Waals surface area contributed by atoms with Crippen LogP contribution >= 0.6 is 15.9 Å². The summed E-state index contributed by atoms with van der Waals surface area (Å²) in [6, 6.07) is 5.24. The maximum Gasteiger partial charge on any atom is 0.245 e. The molecule has 1 aromatic carbocycles. The molecular weight excluding hydrogens is 340 g/mol. The van der Waals surface area contributed by atoms with Gasteiger partial charge in [-0.2, -0.15) is 4.31 Å². The molecule has 0 aliphatic heterocycles. The zero-order valence-electron chi connectivity index (χ0n) is 11.7. The van der Waals surface area contributed by atoms with E-state index in [1.54, 1.807) is 13.0 Å². The largest absolute Gasteiger partial charge is 0.313 e. The van der Waals surface area contributed by atoms with Gasteiger partial charge in [0.25, 0.3) is 0 Å². The fraction of sp³-hybridized carbons (Fsp3) is 0.429. The molecule has 0 aliphatic rings. The topological polar surface area (TPSA) is 49.4 Å². The van der Waals surface area contributed by atoms with Crippen molar-refractivity contribution in [2.75, 3.05) is 19.6 Å². The van der Waals surface area contributed by atoms with Gasteiger partial charge in [-0.3, -0.25) is 0 Å². The number of hydrogen-bond donors (Lipinski definition) is 1. The van der Waals surface area contributed by atoms with Crippen molar-refractivity contribution >= 4 is 26.0 Å². The van der Waals surface area contributed by atoms with Crippen molar-refractivity contribution in [1.82, 2.24) is 9.62 Å². The van der Waals surface area contributed by atoms with Crippen LogP contribution < -0.4 is 5.32 Å². The fourth-order valence-electron chi connectivity index (χ4n) is 1.74. The first-order valence-electron chi connectivity index (χ1n) is 6.40. The van der Waals surface area contributed by atoms with E-state index in [0.29, 0.717) is 17.6 Å². The van der Waals surface area contributed by atoms with Gasteiger partial charge >= 0.3 is 0 Å². The first kappa shape index (κ1) is 17.2. The Labute approximate surface area is 129 Å². The van der Waals surface area contributed by atoms with Crippen molar-refractivity contribution in [2.24, 2.45) is 0 Å². The van der Waals surface area contributed by atoms with Crippen LogP contribution in [0.1, 0.15) is 19.4 Å². The number of nitrogens with one attached hydrogen (secondary N) is 1. The average molecular weight is 359 g/mol. The van der Waals surface area contributed by atoms with E-state index < -0.39 is 10.0 Å². The Bertz CT molecular complexity index is 594.